The lowest BCUT2D eigenvalue weighted by Gasteiger charge is -2.12. The van der Waals surface area contributed by atoms with Crippen LogP contribution in [0.5, 0.6) is 0 Å². The van der Waals surface area contributed by atoms with Gasteiger partial charge in [-0.25, -0.2) is 9.97 Å². The van der Waals surface area contributed by atoms with Crippen LogP contribution in [0.15, 0.2) is 128 Å². The van der Waals surface area contributed by atoms with Gasteiger partial charge in [0.05, 0.1) is 26.9 Å². The van der Waals surface area contributed by atoms with Crippen molar-refractivity contribution in [2.75, 3.05) is 0 Å². The summed E-state index contributed by atoms with van der Waals surface area (Å²) in [4.78, 5) is 14.7. The lowest BCUT2D eigenvalue weighted by Crippen LogP contribution is -1.91. The van der Waals surface area contributed by atoms with Gasteiger partial charge in [-0.05, 0) is 46.2 Å². The third-order valence-electron chi connectivity index (χ3n) is 7.35. The Bertz CT molecular complexity index is 2180. The van der Waals surface area contributed by atoms with Crippen LogP contribution in [0.25, 0.3) is 75.8 Å². The Morgan fingerprint density at radius 2 is 1.26 bits per heavy atom. The largest absolute Gasteiger partial charge is 0.254 e. The second-order valence-corrected chi connectivity index (χ2v) is 10.7. The minimum atomic E-state index is 0.932. The maximum Gasteiger partial charge on any atom is 0.124 e. The zero-order valence-electron chi connectivity index (χ0n) is 20.9. The van der Waals surface area contributed by atoms with Crippen LogP contribution >= 0.6 is 11.3 Å². The molecule has 0 N–H and O–H groups in total. The molecule has 0 aliphatic rings. The van der Waals surface area contributed by atoms with Gasteiger partial charge in [0.2, 0.25) is 0 Å². The average molecular weight is 516 g/mol. The van der Waals surface area contributed by atoms with Crippen LogP contribution in [-0.2, 0) is 0 Å². The van der Waals surface area contributed by atoms with Gasteiger partial charge in [0.15, 0.2) is 0 Å². The lowest BCUT2D eigenvalue weighted by atomic mass is 9.93. The molecule has 4 heteroatoms. The molecule has 3 aromatic heterocycles. The van der Waals surface area contributed by atoms with Gasteiger partial charge in [0.25, 0.3) is 0 Å². The van der Waals surface area contributed by atoms with Crippen molar-refractivity contribution in [1.29, 1.82) is 0 Å². The van der Waals surface area contributed by atoms with Crippen molar-refractivity contribution in [1.82, 2.24) is 15.0 Å². The van der Waals surface area contributed by atoms with Crippen molar-refractivity contribution >= 4 is 54.1 Å². The van der Waals surface area contributed by atoms with Crippen molar-refractivity contribution in [2.24, 2.45) is 0 Å². The Balaban J connectivity index is 1.28. The number of thiazole rings is 1. The summed E-state index contributed by atoms with van der Waals surface area (Å²) in [6, 6.07) is 42.6. The molecule has 8 aromatic rings. The highest BCUT2D eigenvalue weighted by atomic mass is 32.1. The second kappa shape index (κ2) is 8.83. The highest BCUT2D eigenvalue weighted by molar-refractivity contribution is 7.21. The van der Waals surface area contributed by atoms with Crippen molar-refractivity contribution in [3.8, 4) is 33.0 Å². The number of fused-ring (bicyclic) bond motifs is 5. The topological polar surface area (TPSA) is 38.7 Å². The Kier molecular flexibility index (Phi) is 5.00. The predicted octanol–water partition coefficient (Wildman–Crippen LogP) is 9.55. The molecule has 39 heavy (non-hydrogen) atoms. The third-order valence-corrected chi connectivity index (χ3v) is 8.44. The van der Waals surface area contributed by atoms with Crippen molar-refractivity contribution in [3.05, 3.63) is 128 Å². The average Bonchev–Trinajstić information content (AvgIpc) is 3.44. The smallest absolute Gasteiger partial charge is 0.124 e. The summed E-state index contributed by atoms with van der Waals surface area (Å²) in [5.74, 6) is 0. The quantitative estimate of drug-likeness (QED) is 0.220. The van der Waals surface area contributed by atoms with E-state index in [-0.39, 0.29) is 0 Å². The molecule has 0 saturated carbocycles. The standard InChI is InChI=1S/C35H21N3S/c1-2-7-24(8-3-1)35-38-31-21-25(15-19-32(31)39-35)26-16-17-29(28-11-5-4-10-27(26)28)30-18-14-23-13-12-22-9-6-20-36-33(22)34(23)37-30/h1-21H. The number of hydrogen-bond donors (Lipinski definition) is 0. The van der Waals surface area contributed by atoms with Crippen molar-refractivity contribution in [2.45, 2.75) is 0 Å². The molecule has 0 spiro atoms. The normalized spacial score (nSPS) is 11.6. The van der Waals surface area contributed by atoms with E-state index in [2.05, 4.69) is 114 Å². The Labute approximate surface area is 229 Å². The molecule has 0 bridgehead atoms. The molecule has 3 heterocycles. The molecule has 0 radical (unpaired) electrons. The van der Waals surface area contributed by atoms with Crippen LogP contribution in [0.3, 0.4) is 0 Å². The van der Waals surface area contributed by atoms with E-state index in [1.807, 2.05) is 18.3 Å². The van der Waals surface area contributed by atoms with E-state index in [0.29, 0.717) is 0 Å². The van der Waals surface area contributed by atoms with Gasteiger partial charge in [-0.2, -0.15) is 0 Å². The second-order valence-electron chi connectivity index (χ2n) is 9.68. The first kappa shape index (κ1) is 22.1. The summed E-state index contributed by atoms with van der Waals surface area (Å²) < 4.78 is 1.19. The molecular formula is C35H21N3S. The molecule has 0 unspecified atom stereocenters. The van der Waals surface area contributed by atoms with Crippen LogP contribution in [0.2, 0.25) is 0 Å². The highest BCUT2D eigenvalue weighted by Gasteiger charge is 2.13. The van der Waals surface area contributed by atoms with Crippen LogP contribution in [0, 0.1) is 0 Å². The van der Waals surface area contributed by atoms with Crippen molar-refractivity contribution in [3.63, 3.8) is 0 Å². The van der Waals surface area contributed by atoms with E-state index in [4.69, 9.17) is 9.97 Å². The lowest BCUT2D eigenvalue weighted by molar-refractivity contribution is 1.37. The summed E-state index contributed by atoms with van der Waals surface area (Å²) in [5.41, 5.74) is 8.47. The summed E-state index contributed by atoms with van der Waals surface area (Å²) >= 11 is 1.73. The Hall–Kier alpha value is -4.93. The first-order chi connectivity index (χ1) is 19.3. The zero-order chi connectivity index (χ0) is 25.8. The van der Waals surface area contributed by atoms with Crippen LogP contribution in [0.1, 0.15) is 0 Å². The van der Waals surface area contributed by atoms with E-state index in [1.165, 1.54) is 21.0 Å². The maximum absolute atomic E-state index is 5.13. The molecule has 0 aliphatic heterocycles. The number of aromatic nitrogens is 3. The van der Waals surface area contributed by atoms with E-state index in [9.17, 15) is 0 Å². The van der Waals surface area contributed by atoms with Gasteiger partial charge in [0, 0.05) is 28.1 Å². The fourth-order valence-electron chi connectivity index (χ4n) is 5.45. The monoisotopic (exact) mass is 515 g/mol. The molecule has 0 amide bonds. The number of pyridine rings is 2. The first-order valence-corrected chi connectivity index (χ1v) is 13.8. The predicted molar refractivity (Wildman–Crippen MR) is 164 cm³/mol. The summed E-state index contributed by atoms with van der Waals surface area (Å²) in [6.45, 7) is 0. The van der Waals surface area contributed by atoms with E-state index in [0.717, 1.165) is 54.7 Å². The molecule has 0 atom stereocenters. The molecule has 182 valence electrons. The molecule has 3 nitrogen and oxygen atoms in total. The molecule has 0 aliphatic carbocycles. The Morgan fingerprint density at radius 1 is 0.513 bits per heavy atom. The summed E-state index contributed by atoms with van der Waals surface area (Å²) in [6.07, 6.45) is 1.84. The van der Waals surface area contributed by atoms with Gasteiger partial charge in [-0.15, -0.1) is 11.3 Å². The van der Waals surface area contributed by atoms with E-state index in [1.54, 1.807) is 11.3 Å². The van der Waals surface area contributed by atoms with Crippen molar-refractivity contribution < 1.29 is 0 Å². The zero-order valence-corrected chi connectivity index (χ0v) is 21.7. The number of rotatable bonds is 3. The molecule has 0 saturated heterocycles. The van der Waals surface area contributed by atoms with Gasteiger partial charge in [0.1, 0.15) is 5.01 Å². The maximum atomic E-state index is 5.13. The van der Waals surface area contributed by atoms with Gasteiger partial charge < -0.3 is 0 Å². The highest BCUT2D eigenvalue weighted by Crippen LogP contribution is 2.38. The summed E-state index contributed by atoms with van der Waals surface area (Å²) in [5, 5.41) is 5.62. The van der Waals surface area contributed by atoms with E-state index >= 15 is 0 Å². The number of nitrogens with zero attached hydrogens (tertiary/aromatic N) is 3. The van der Waals surface area contributed by atoms with E-state index < -0.39 is 0 Å². The van der Waals surface area contributed by atoms with Crippen LogP contribution in [-0.4, -0.2) is 15.0 Å². The molecule has 8 rings (SSSR count). The molecule has 5 aromatic carbocycles. The molecular weight excluding hydrogens is 494 g/mol. The Morgan fingerprint density at radius 3 is 2.13 bits per heavy atom. The molecule has 0 fully saturated rings. The number of hydrogen-bond acceptors (Lipinski definition) is 4. The minimum Gasteiger partial charge on any atom is -0.254 e. The summed E-state index contributed by atoms with van der Waals surface area (Å²) in [7, 11) is 0. The number of benzene rings is 5. The van der Waals surface area contributed by atoms with Gasteiger partial charge in [-0.1, -0.05) is 97.1 Å². The van der Waals surface area contributed by atoms with Gasteiger partial charge >= 0.3 is 0 Å². The minimum absolute atomic E-state index is 0.932. The SMILES string of the molecule is c1ccc(-c2nc3cc(-c4ccc(-c5ccc6ccc7cccnc7c6n5)c5ccccc45)ccc3s2)cc1. The third kappa shape index (κ3) is 3.69. The fraction of sp³-hybridized carbons (Fsp3) is 0. The van der Waals surface area contributed by atoms with Gasteiger partial charge in [-0.3, -0.25) is 4.98 Å². The fourth-order valence-corrected chi connectivity index (χ4v) is 6.40. The van der Waals surface area contributed by atoms with Crippen LogP contribution < -0.4 is 0 Å². The van der Waals surface area contributed by atoms with Crippen LogP contribution in [0.4, 0.5) is 0 Å². The first-order valence-electron chi connectivity index (χ1n) is 12.9.